The minimum Gasteiger partial charge on any atom is -0.383 e. The van der Waals surface area contributed by atoms with E-state index in [2.05, 4.69) is 28.3 Å². The molecule has 0 aliphatic heterocycles. The Morgan fingerprint density at radius 2 is 2.26 bits per heavy atom. The summed E-state index contributed by atoms with van der Waals surface area (Å²) in [5, 5.41) is 11.9. The molecule has 0 aliphatic rings. The van der Waals surface area contributed by atoms with Gasteiger partial charge in [0, 0.05) is 32.8 Å². The fourth-order valence-corrected chi connectivity index (χ4v) is 1.60. The topological polar surface area (TPSA) is 74.1 Å². The molecule has 1 heterocycles. The maximum Gasteiger partial charge on any atom is 0.134 e. The van der Waals surface area contributed by atoms with Gasteiger partial charge in [0.25, 0.3) is 0 Å². The molecule has 1 aromatic rings. The number of nitriles is 1. The van der Waals surface area contributed by atoms with E-state index in [1.54, 1.807) is 13.4 Å². The molecule has 1 aromatic heterocycles. The van der Waals surface area contributed by atoms with Gasteiger partial charge in [-0.1, -0.05) is 6.92 Å². The van der Waals surface area contributed by atoms with Crippen molar-refractivity contribution in [1.82, 2.24) is 9.97 Å². The lowest BCUT2D eigenvalue weighted by Gasteiger charge is -2.22. The molecule has 1 rings (SSSR count). The molecule has 0 amide bonds. The second kappa shape index (κ2) is 9.11. The first kappa shape index (κ1) is 15.2. The average Bonchev–Trinajstić information content (AvgIpc) is 2.45. The molecule has 0 atom stereocenters. The fourth-order valence-electron chi connectivity index (χ4n) is 1.60. The SMILES string of the molecule is CCCNc1cc(N(CCC#N)CCOC)ncn1. The van der Waals surface area contributed by atoms with Crippen molar-refractivity contribution in [3.05, 3.63) is 12.4 Å². The Kier molecular flexibility index (Phi) is 7.28. The van der Waals surface area contributed by atoms with Crippen LogP contribution in [-0.4, -0.2) is 43.3 Å². The van der Waals surface area contributed by atoms with Crippen LogP contribution in [0.4, 0.5) is 11.6 Å². The number of nitrogens with zero attached hydrogens (tertiary/aromatic N) is 4. The number of nitrogens with one attached hydrogen (secondary N) is 1. The number of aromatic nitrogens is 2. The van der Waals surface area contributed by atoms with Gasteiger partial charge >= 0.3 is 0 Å². The lowest BCUT2D eigenvalue weighted by molar-refractivity contribution is 0.205. The van der Waals surface area contributed by atoms with Crippen LogP contribution in [0.3, 0.4) is 0 Å². The zero-order valence-electron chi connectivity index (χ0n) is 11.6. The summed E-state index contributed by atoms with van der Waals surface area (Å²) < 4.78 is 5.09. The van der Waals surface area contributed by atoms with Gasteiger partial charge in [0.1, 0.15) is 18.0 Å². The van der Waals surface area contributed by atoms with E-state index in [1.807, 2.05) is 11.0 Å². The van der Waals surface area contributed by atoms with Crippen LogP contribution in [0.25, 0.3) is 0 Å². The van der Waals surface area contributed by atoms with Crippen LogP contribution in [0.15, 0.2) is 12.4 Å². The van der Waals surface area contributed by atoms with Gasteiger partial charge in [-0.15, -0.1) is 0 Å². The smallest absolute Gasteiger partial charge is 0.134 e. The van der Waals surface area contributed by atoms with Gasteiger partial charge in [0.05, 0.1) is 19.1 Å². The molecule has 0 bridgehead atoms. The zero-order chi connectivity index (χ0) is 13.9. The van der Waals surface area contributed by atoms with Gasteiger partial charge in [-0.3, -0.25) is 0 Å². The maximum atomic E-state index is 8.71. The molecular weight excluding hydrogens is 242 g/mol. The van der Waals surface area contributed by atoms with E-state index in [-0.39, 0.29) is 0 Å². The highest BCUT2D eigenvalue weighted by Crippen LogP contribution is 2.14. The molecular formula is C13H21N5O. The first-order valence-electron chi connectivity index (χ1n) is 6.48. The monoisotopic (exact) mass is 263 g/mol. The number of rotatable bonds is 9. The summed E-state index contributed by atoms with van der Waals surface area (Å²) in [5.41, 5.74) is 0. The first-order valence-corrected chi connectivity index (χ1v) is 6.48. The molecule has 19 heavy (non-hydrogen) atoms. The Labute approximate surface area is 114 Å². The summed E-state index contributed by atoms with van der Waals surface area (Å²) in [7, 11) is 1.66. The van der Waals surface area contributed by atoms with Gasteiger partial charge in [0.15, 0.2) is 0 Å². The quantitative estimate of drug-likeness (QED) is 0.730. The van der Waals surface area contributed by atoms with E-state index in [0.29, 0.717) is 26.1 Å². The van der Waals surface area contributed by atoms with Crippen LogP contribution in [-0.2, 0) is 4.74 Å². The predicted molar refractivity (Wildman–Crippen MR) is 75.1 cm³/mol. The van der Waals surface area contributed by atoms with Gasteiger partial charge in [-0.2, -0.15) is 5.26 Å². The maximum absolute atomic E-state index is 8.71. The van der Waals surface area contributed by atoms with Crippen LogP contribution in [0.1, 0.15) is 19.8 Å². The van der Waals surface area contributed by atoms with Crippen LogP contribution >= 0.6 is 0 Å². The Balaban J connectivity index is 2.73. The summed E-state index contributed by atoms with van der Waals surface area (Å²) >= 11 is 0. The highest BCUT2D eigenvalue weighted by molar-refractivity contribution is 5.48. The van der Waals surface area contributed by atoms with Crippen molar-refractivity contribution in [1.29, 1.82) is 5.26 Å². The lowest BCUT2D eigenvalue weighted by Crippen LogP contribution is -2.29. The van der Waals surface area contributed by atoms with Crippen molar-refractivity contribution >= 4 is 11.6 Å². The number of anilines is 2. The zero-order valence-corrected chi connectivity index (χ0v) is 11.6. The molecule has 0 saturated heterocycles. The third-order valence-electron chi connectivity index (χ3n) is 2.59. The largest absolute Gasteiger partial charge is 0.383 e. The Morgan fingerprint density at radius 3 is 2.95 bits per heavy atom. The summed E-state index contributed by atoms with van der Waals surface area (Å²) in [6.07, 6.45) is 3.05. The molecule has 6 nitrogen and oxygen atoms in total. The Hall–Kier alpha value is -1.87. The lowest BCUT2D eigenvalue weighted by atomic mass is 10.3. The molecule has 0 radical (unpaired) electrons. The normalized spacial score (nSPS) is 9.95. The highest BCUT2D eigenvalue weighted by atomic mass is 16.5. The van der Waals surface area contributed by atoms with Crippen LogP contribution in [0.2, 0.25) is 0 Å². The van der Waals surface area contributed by atoms with E-state index in [9.17, 15) is 0 Å². The standard InChI is InChI=1S/C13H21N5O/c1-3-6-15-12-10-13(17-11-16-12)18(7-4-5-14)8-9-19-2/h10-11H,3-4,6-9H2,1-2H3,(H,15,16,17). The molecule has 104 valence electrons. The third-order valence-corrected chi connectivity index (χ3v) is 2.59. The van der Waals surface area contributed by atoms with Crippen molar-refractivity contribution in [2.24, 2.45) is 0 Å². The van der Waals surface area contributed by atoms with Gasteiger partial charge in [-0.25, -0.2) is 9.97 Å². The number of methoxy groups -OCH3 is 1. The second-order valence-electron chi connectivity index (χ2n) is 4.08. The minimum absolute atomic E-state index is 0.464. The molecule has 6 heteroatoms. The first-order chi connectivity index (χ1) is 9.31. The predicted octanol–water partition coefficient (Wildman–Crippen LogP) is 1.66. The van der Waals surface area contributed by atoms with Gasteiger partial charge in [-0.05, 0) is 6.42 Å². The van der Waals surface area contributed by atoms with Crippen LogP contribution in [0.5, 0.6) is 0 Å². The van der Waals surface area contributed by atoms with Crippen molar-refractivity contribution in [2.45, 2.75) is 19.8 Å². The molecule has 0 aliphatic carbocycles. The van der Waals surface area contributed by atoms with Crippen LogP contribution < -0.4 is 10.2 Å². The van der Waals surface area contributed by atoms with E-state index in [0.717, 1.165) is 24.6 Å². The van der Waals surface area contributed by atoms with Crippen molar-refractivity contribution in [3.8, 4) is 6.07 Å². The molecule has 0 unspecified atom stereocenters. The number of hydrogen-bond donors (Lipinski definition) is 1. The van der Waals surface area contributed by atoms with E-state index in [4.69, 9.17) is 10.00 Å². The van der Waals surface area contributed by atoms with Crippen molar-refractivity contribution < 1.29 is 4.74 Å². The second-order valence-corrected chi connectivity index (χ2v) is 4.08. The van der Waals surface area contributed by atoms with E-state index in [1.165, 1.54) is 0 Å². The molecule has 0 aromatic carbocycles. The summed E-state index contributed by atoms with van der Waals surface area (Å²) in [4.78, 5) is 10.5. The van der Waals surface area contributed by atoms with E-state index >= 15 is 0 Å². The number of ether oxygens (including phenoxy) is 1. The van der Waals surface area contributed by atoms with E-state index < -0.39 is 0 Å². The number of hydrogen-bond acceptors (Lipinski definition) is 6. The molecule has 0 fully saturated rings. The van der Waals surface area contributed by atoms with Crippen molar-refractivity contribution in [3.63, 3.8) is 0 Å². The van der Waals surface area contributed by atoms with Crippen molar-refractivity contribution in [2.75, 3.05) is 43.6 Å². The molecule has 0 saturated carbocycles. The molecule has 0 spiro atoms. The fraction of sp³-hybridized carbons (Fsp3) is 0.615. The average molecular weight is 263 g/mol. The minimum atomic E-state index is 0.464. The van der Waals surface area contributed by atoms with Gasteiger partial charge < -0.3 is 15.0 Å². The highest BCUT2D eigenvalue weighted by Gasteiger charge is 2.08. The van der Waals surface area contributed by atoms with Gasteiger partial charge in [0.2, 0.25) is 0 Å². The van der Waals surface area contributed by atoms with Crippen LogP contribution in [0, 0.1) is 11.3 Å². The Bertz CT molecular complexity index is 404. The summed E-state index contributed by atoms with van der Waals surface area (Å²) in [5.74, 6) is 1.63. The third kappa shape index (κ3) is 5.53. The molecule has 1 N–H and O–H groups in total. The Morgan fingerprint density at radius 1 is 1.42 bits per heavy atom. The summed E-state index contributed by atoms with van der Waals surface area (Å²) in [6, 6.07) is 4.06. The summed E-state index contributed by atoms with van der Waals surface area (Å²) in [6.45, 7) is 4.94.